The van der Waals surface area contributed by atoms with Crippen molar-refractivity contribution in [2.45, 2.75) is 71.4 Å². The minimum absolute atomic E-state index is 0.0102. The summed E-state index contributed by atoms with van der Waals surface area (Å²) in [6.45, 7) is 7.82. The van der Waals surface area contributed by atoms with Gasteiger partial charge < -0.3 is 9.80 Å². The Morgan fingerprint density at radius 3 is 1.96 bits per heavy atom. The number of alkyl halides is 6. The molecule has 5 rings (SSSR count). The molecule has 5 amide bonds. The number of nitrogens with zero attached hydrogens (tertiary/aromatic N) is 4. The quantitative estimate of drug-likeness (QED) is 0.263. The van der Waals surface area contributed by atoms with Gasteiger partial charge in [0, 0.05) is 13.6 Å². The van der Waals surface area contributed by atoms with Crippen LogP contribution in [0.15, 0.2) is 36.4 Å². The molecule has 3 saturated heterocycles. The van der Waals surface area contributed by atoms with Gasteiger partial charge in [-0.25, -0.2) is 14.1 Å². The standard InChI is InChI=1S/C34H37F7N4O4/c1-19-13-24(35)9-10-25(19)32(5)31(4)28(48)45(26(46)17-43-11-7-8-12-43)27(47)30(31,3)18-44(32)29(49)42(6)20(2)21-14-22(33(36,37)38)16-23(15-21)34(39,40)41/h9-10,13-16,20H,7-8,11-12,17-18H2,1-6H3/t20-,30+,31-,32-/m1/s1. The Labute approximate surface area is 278 Å². The summed E-state index contributed by atoms with van der Waals surface area (Å²) in [5.41, 5.74) is -8.28. The summed E-state index contributed by atoms with van der Waals surface area (Å²) >= 11 is 0. The van der Waals surface area contributed by atoms with E-state index in [0.29, 0.717) is 35.7 Å². The number of likely N-dealkylation sites (tertiary alicyclic amines) is 3. The van der Waals surface area contributed by atoms with E-state index in [2.05, 4.69) is 0 Å². The zero-order valence-electron chi connectivity index (χ0n) is 27.9. The molecule has 2 aromatic rings. The van der Waals surface area contributed by atoms with Gasteiger partial charge in [0.05, 0.1) is 40.1 Å². The summed E-state index contributed by atoms with van der Waals surface area (Å²) < 4.78 is 96.4. The van der Waals surface area contributed by atoms with E-state index in [1.54, 1.807) is 0 Å². The van der Waals surface area contributed by atoms with Crippen molar-refractivity contribution >= 4 is 23.8 Å². The topological polar surface area (TPSA) is 81.2 Å². The number of benzene rings is 2. The van der Waals surface area contributed by atoms with Crippen molar-refractivity contribution in [2.24, 2.45) is 10.8 Å². The first kappa shape index (κ1) is 36.3. The summed E-state index contributed by atoms with van der Waals surface area (Å²) in [7, 11) is 1.19. The predicted molar refractivity (Wildman–Crippen MR) is 162 cm³/mol. The third-order valence-electron chi connectivity index (χ3n) is 11.1. The first-order chi connectivity index (χ1) is 22.5. The van der Waals surface area contributed by atoms with Crippen LogP contribution in [0.3, 0.4) is 0 Å². The molecular formula is C34H37F7N4O4. The van der Waals surface area contributed by atoms with Gasteiger partial charge in [-0.15, -0.1) is 0 Å². The number of fused-ring (bicyclic) bond motifs is 1. The Morgan fingerprint density at radius 2 is 1.45 bits per heavy atom. The monoisotopic (exact) mass is 698 g/mol. The van der Waals surface area contributed by atoms with Gasteiger partial charge in [0.25, 0.3) is 0 Å². The fraction of sp³-hybridized carbons (Fsp3) is 0.529. The van der Waals surface area contributed by atoms with Crippen molar-refractivity contribution in [2.75, 3.05) is 33.2 Å². The van der Waals surface area contributed by atoms with Gasteiger partial charge >= 0.3 is 18.4 Å². The molecule has 0 unspecified atom stereocenters. The summed E-state index contributed by atoms with van der Waals surface area (Å²) in [4.78, 5) is 61.3. The van der Waals surface area contributed by atoms with Crippen LogP contribution in [0.25, 0.3) is 0 Å². The Balaban J connectivity index is 1.61. The van der Waals surface area contributed by atoms with Crippen molar-refractivity contribution in [1.29, 1.82) is 0 Å². The van der Waals surface area contributed by atoms with Crippen molar-refractivity contribution in [1.82, 2.24) is 19.6 Å². The first-order valence-corrected chi connectivity index (χ1v) is 15.7. The second-order valence-electron chi connectivity index (χ2n) is 13.8. The second kappa shape index (κ2) is 11.8. The van der Waals surface area contributed by atoms with Gasteiger partial charge in [0.2, 0.25) is 17.7 Å². The average molecular weight is 699 g/mol. The summed E-state index contributed by atoms with van der Waals surface area (Å²) in [5.74, 6) is -3.05. The second-order valence-corrected chi connectivity index (χ2v) is 13.8. The Bertz CT molecular complexity index is 1690. The SMILES string of the molecule is Cc1cc(F)ccc1[C@@]1(C)N(C(=O)N(C)[C@H](C)c2cc(C(F)(F)F)cc(C(F)(F)F)c2)C[C@@]2(C)C(=O)N(C(=O)CN3CCCC3)C(=O)[C@]21C. The van der Waals surface area contributed by atoms with Crippen molar-refractivity contribution in [3.8, 4) is 0 Å². The van der Waals surface area contributed by atoms with Crippen LogP contribution >= 0.6 is 0 Å². The van der Waals surface area contributed by atoms with Crippen molar-refractivity contribution in [3.05, 3.63) is 70.0 Å². The zero-order valence-corrected chi connectivity index (χ0v) is 27.9. The number of hydrogen-bond donors (Lipinski definition) is 0. The van der Waals surface area contributed by atoms with Crippen molar-refractivity contribution < 1.29 is 49.9 Å². The van der Waals surface area contributed by atoms with E-state index in [1.165, 1.54) is 58.7 Å². The number of amides is 5. The molecule has 0 saturated carbocycles. The molecule has 266 valence electrons. The Hall–Kier alpha value is -4.01. The third-order valence-corrected chi connectivity index (χ3v) is 11.1. The fourth-order valence-corrected chi connectivity index (χ4v) is 7.80. The predicted octanol–water partition coefficient (Wildman–Crippen LogP) is 6.52. The lowest BCUT2D eigenvalue weighted by Gasteiger charge is -2.47. The summed E-state index contributed by atoms with van der Waals surface area (Å²) in [5, 5.41) is 0. The molecule has 15 heteroatoms. The molecule has 0 radical (unpaired) electrons. The average Bonchev–Trinajstić information content (AvgIpc) is 3.63. The van der Waals surface area contributed by atoms with Gasteiger partial charge in [-0.3, -0.25) is 19.3 Å². The van der Waals surface area contributed by atoms with E-state index in [-0.39, 0.29) is 18.2 Å². The van der Waals surface area contributed by atoms with Gasteiger partial charge in [-0.1, -0.05) is 6.07 Å². The number of hydrogen-bond acceptors (Lipinski definition) is 5. The molecule has 4 atom stereocenters. The van der Waals surface area contributed by atoms with E-state index < -0.39 is 87.6 Å². The molecule has 49 heavy (non-hydrogen) atoms. The highest BCUT2D eigenvalue weighted by molar-refractivity contribution is 6.21. The molecule has 0 N–H and O–H groups in total. The number of aryl methyl sites for hydroxylation is 1. The van der Waals surface area contributed by atoms with E-state index in [1.807, 2.05) is 4.90 Å². The highest BCUT2D eigenvalue weighted by Crippen LogP contribution is 2.66. The summed E-state index contributed by atoms with van der Waals surface area (Å²) in [6, 6.07) is 2.42. The lowest BCUT2D eigenvalue weighted by atomic mass is 9.58. The van der Waals surface area contributed by atoms with Crippen LogP contribution in [0, 0.1) is 23.6 Å². The van der Waals surface area contributed by atoms with Crippen LogP contribution in [-0.2, 0) is 32.3 Å². The lowest BCUT2D eigenvalue weighted by Crippen LogP contribution is -2.58. The first-order valence-electron chi connectivity index (χ1n) is 15.7. The lowest BCUT2D eigenvalue weighted by molar-refractivity contribution is -0.154. The normalized spacial score (nSPS) is 26.8. The van der Waals surface area contributed by atoms with E-state index >= 15 is 0 Å². The number of carbonyl (C=O) groups is 4. The molecule has 3 fully saturated rings. The zero-order chi connectivity index (χ0) is 36.6. The van der Waals surface area contributed by atoms with Gasteiger partial charge in [-0.05, 0) is 108 Å². The number of carbonyl (C=O) groups excluding carboxylic acids is 4. The Morgan fingerprint density at radius 1 is 0.898 bits per heavy atom. The molecule has 0 bridgehead atoms. The molecule has 2 aromatic carbocycles. The minimum atomic E-state index is -5.12. The molecule has 0 aromatic heterocycles. The van der Waals surface area contributed by atoms with E-state index in [4.69, 9.17) is 0 Å². The number of urea groups is 1. The minimum Gasteiger partial charge on any atom is -0.321 e. The molecule has 3 aliphatic heterocycles. The van der Waals surface area contributed by atoms with Crippen LogP contribution < -0.4 is 0 Å². The van der Waals surface area contributed by atoms with Crippen molar-refractivity contribution in [3.63, 3.8) is 0 Å². The summed E-state index contributed by atoms with van der Waals surface area (Å²) in [6.07, 6.45) is -8.53. The van der Waals surface area contributed by atoms with E-state index in [0.717, 1.165) is 23.8 Å². The molecular weight excluding hydrogens is 661 g/mol. The maximum Gasteiger partial charge on any atom is 0.416 e. The van der Waals surface area contributed by atoms with Crippen LogP contribution in [0.5, 0.6) is 0 Å². The van der Waals surface area contributed by atoms with E-state index in [9.17, 15) is 49.9 Å². The molecule has 0 aliphatic carbocycles. The molecule has 3 heterocycles. The number of halogens is 7. The van der Waals surface area contributed by atoms with Gasteiger partial charge in [-0.2, -0.15) is 26.3 Å². The maximum atomic E-state index is 14.5. The van der Waals surface area contributed by atoms with Gasteiger partial charge in [0.15, 0.2) is 0 Å². The maximum absolute atomic E-state index is 14.5. The molecule has 8 nitrogen and oxygen atoms in total. The fourth-order valence-electron chi connectivity index (χ4n) is 7.80. The van der Waals surface area contributed by atoms with Crippen LogP contribution in [0.4, 0.5) is 35.5 Å². The Kier molecular flexibility index (Phi) is 8.74. The molecule has 3 aliphatic rings. The highest BCUT2D eigenvalue weighted by Gasteiger charge is 2.79. The van der Waals surface area contributed by atoms with Crippen LogP contribution in [0.1, 0.15) is 74.4 Å². The van der Waals surface area contributed by atoms with Crippen LogP contribution in [0.2, 0.25) is 0 Å². The third kappa shape index (κ3) is 5.48. The van der Waals surface area contributed by atoms with Gasteiger partial charge in [0.1, 0.15) is 5.82 Å². The number of imide groups is 3. The smallest absolute Gasteiger partial charge is 0.321 e. The largest absolute Gasteiger partial charge is 0.416 e. The highest BCUT2D eigenvalue weighted by atomic mass is 19.4. The van der Waals surface area contributed by atoms with Crippen LogP contribution in [-0.4, -0.2) is 76.6 Å². The molecule has 0 spiro atoms. The number of rotatable bonds is 5.